The van der Waals surface area contributed by atoms with Crippen LogP contribution < -0.4 is 10.2 Å². The van der Waals surface area contributed by atoms with Gasteiger partial charge in [0.2, 0.25) is 0 Å². The maximum Gasteiger partial charge on any atom is 0.269 e. The Bertz CT molecular complexity index is 1400. The molecule has 0 unspecified atom stereocenters. The van der Waals surface area contributed by atoms with Gasteiger partial charge in [-0.05, 0) is 49.4 Å². The summed E-state index contributed by atoms with van der Waals surface area (Å²) in [6, 6.07) is 18.5. The normalized spacial score (nSPS) is 13.1. The number of furan rings is 1. The quantitative estimate of drug-likeness (QED) is 0.271. The monoisotopic (exact) mass is 455 g/mol. The molecular formula is C27H25N3O4. The van der Waals surface area contributed by atoms with Gasteiger partial charge in [0.15, 0.2) is 0 Å². The molecule has 5 rings (SSSR count). The van der Waals surface area contributed by atoms with Crippen LogP contribution in [0.5, 0.6) is 0 Å². The van der Waals surface area contributed by atoms with E-state index in [9.17, 15) is 14.9 Å². The molecule has 3 aromatic carbocycles. The fourth-order valence-corrected chi connectivity index (χ4v) is 4.36. The van der Waals surface area contributed by atoms with Gasteiger partial charge < -0.3 is 14.6 Å². The van der Waals surface area contributed by atoms with E-state index in [0.29, 0.717) is 22.8 Å². The van der Waals surface area contributed by atoms with Crippen molar-refractivity contribution in [3.63, 3.8) is 0 Å². The predicted octanol–water partition coefficient (Wildman–Crippen LogP) is 6.32. The van der Waals surface area contributed by atoms with Crippen LogP contribution in [-0.2, 0) is 0 Å². The molecule has 0 saturated heterocycles. The third-order valence-electron chi connectivity index (χ3n) is 6.43. The van der Waals surface area contributed by atoms with Crippen LogP contribution in [0.1, 0.15) is 40.2 Å². The summed E-state index contributed by atoms with van der Waals surface area (Å²) >= 11 is 0. The number of hydrogen-bond donors (Lipinski definition) is 1. The summed E-state index contributed by atoms with van der Waals surface area (Å²) < 4.78 is 6.30. The van der Waals surface area contributed by atoms with Crippen LogP contribution in [0.2, 0.25) is 0 Å². The average Bonchev–Trinajstić information content (AvgIpc) is 3.63. The lowest BCUT2D eigenvalue weighted by Crippen LogP contribution is -2.18. The first-order valence-electron chi connectivity index (χ1n) is 11.2. The van der Waals surface area contributed by atoms with Crippen LogP contribution in [-0.4, -0.2) is 24.9 Å². The van der Waals surface area contributed by atoms with Gasteiger partial charge in [-0.3, -0.25) is 14.9 Å². The SMILES string of the molecule is CNC(=O)c1c(-c2ccc(C)cc2)oc2cc(N(C)c3ccc([N+](=O)[O-])cc3)c(C3CC3)cc12. The topological polar surface area (TPSA) is 88.6 Å². The van der Waals surface area contributed by atoms with Gasteiger partial charge in [0.1, 0.15) is 11.3 Å². The van der Waals surface area contributed by atoms with Gasteiger partial charge in [-0.15, -0.1) is 0 Å². The Labute approximate surface area is 197 Å². The molecule has 1 amide bonds. The van der Waals surface area contributed by atoms with E-state index < -0.39 is 4.92 Å². The number of non-ortho nitro benzene ring substituents is 1. The molecule has 34 heavy (non-hydrogen) atoms. The molecule has 1 aliphatic carbocycles. The molecular weight excluding hydrogens is 430 g/mol. The fourth-order valence-electron chi connectivity index (χ4n) is 4.36. The number of amides is 1. The van der Waals surface area contributed by atoms with Crippen LogP contribution in [0.4, 0.5) is 17.1 Å². The predicted molar refractivity (Wildman–Crippen MR) is 133 cm³/mol. The summed E-state index contributed by atoms with van der Waals surface area (Å²) in [6.45, 7) is 2.02. The summed E-state index contributed by atoms with van der Waals surface area (Å²) in [5.41, 5.74) is 6.15. The van der Waals surface area contributed by atoms with Crippen molar-refractivity contribution in [2.24, 2.45) is 0 Å². The average molecular weight is 456 g/mol. The van der Waals surface area contributed by atoms with Crippen molar-refractivity contribution < 1.29 is 14.1 Å². The summed E-state index contributed by atoms with van der Waals surface area (Å²) in [4.78, 5) is 25.6. The molecule has 1 fully saturated rings. The van der Waals surface area contributed by atoms with Crippen LogP contribution in [0.25, 0.3) is 22.3 Å². The Balaban J connectivity index is 1.68. The summed E-state index contributed by atoms with van der Waals surface area (Å²) in [5, 5.41) is 14.6. The Hall–Kier alpha value is -4.13. The van der Waals surface area contributed by atoms with Crippen LogP contribution in [0.15, 0.2) is 65.1 Å². The van der Waals surface area contributed by atoms with E-state index >= 15 is 0 Å². The first-order chi connectivity index (χ1) is 16.4. The van der Waals surface area contributed by atoms with Gasteiger partial charge in [-0.2, -0.15) is 0 Å². The highest BCUT2D eigenvalue weighted by Crippen LogP contribution is 2.48. The zero-order valence-electron chi connectivity index (χ0n) is 19.3. The number of fused-ring (bicyclic) bond motifs is 1. The second-order valence-electron chi connectivity index (χ2n) is 8.77. The van der Waals surface area contributed by atoms with E-state index in [1.165, 1.54) is 12.1 Å². The van der Waals surface area contributed by atoms with Crippen molar-refractivity contribution in [1.29, 1.82) is 0 Å². The Morgan fingerprint density at radius 3 is 2.35 bits per heavy atom. The standard InChI is InChI=1S/C27H25N3O4/c1-16-4-6-18(7-5-16)26-25(27(31)28-2)22-14-21(17-8-9-17)23(15-24(22)34-26)29(3)19-10-12-20(13-11-19)30(32)33/h4-7,10-15,17H,8-9H2,1-3H3,(H,28,31). The van der Waals surface area contributed by atoms with Crippen LogP contribution in [0.3, 0.4) is 0 Å². The number of nitrogens with one attached hydrogen (secondary N) is 1. The second kappa shape index (κ2) is 8.33. The number of carbonyl (C=O) groups is 1. The van der Waals surface area contributed by atoms with Crippen molar-refractivity contribution in [3.05, 3.63) is 87.5 Å². The molecule has 0 atom stereocenters. The third-order valence-corrected chi connectivity index (χ3v) is 6.43. The lowest BCUT2D eigenvalue weighted by molar-refractivity contribution is -0.384. The highest BCUT2D eigenvalue weighted by molar-refractivity contribution is 6.12. The second-order valence-corrected chi connectivity index (χ2v) is 8.77. The molecule has 7 heteroatoms. The zero-order chi connectivity index (χ0) is 24.0. The number of carbonyl (C=O) groups excluding carboxylic acids is 1. The lowest BCUT2D eigenvalue weighted by Gasteiger charge is -2.23. The minimum atomic E-state index is -0.402. The number of rotatable bonds is 6. The van der Waals surface area contributed by atoms with E-state index in [0.717, 1.165) is 46.3 Å². The molecule has 0 radical (unpaired) electrons. The number of anilines is 2. The number of nitro groups is 1. The van der Waals surface area contributed by atoms with Crippen molar-refractivity contribution >= 4 is 33.9 Å². The third kappa shape index (κ3) is 3.79. The summed E-state index contributed by atoms with van der Waals surface area (Å²) in [7, 11) is 3.57. The van der Waals surface area contributed by atoms with E-state index in [1.54, 1.807) is 19.2 Å². The van der Waals surface area contributed by atoms with E-state index in [1.807, 2.05) is 49.2 Å². The highest BCUT2D eigenvalue weighted by Gasteiger charge is 2.31. The maximum absolute atomic E-state index is 12.9. The first-order valence-corrected chi connectivity index (χ1v) is 11.2. The van der Waals surface area contributed by atoms with Crippen LogP contribution >= 0.6 is 0 Å². The van der Waals surface area contributed by atoms with Gasteiger partial charge in [0.25, 0.3) is 11.6 Å². The zero-order valence-corrected chi connectivity index (χ0v) is 19.3. The molecule has 1 aliphatic rings. The lowest BCUT2D eigenvalue weighted by atomic mass is 9.99. The van der Waals surface area contributed by atoms with Gasteiger partial charge in [0, 0.05) is 54.6 Å². The Morgan fingerprint density at radius 2 is 1.76 bits per heavy atom. The van der Waals surface area contributed by atoms with Gasteiger partial charge in [-0.1, -0.05) is 29.8 Å². The molecule has 1 heterocycles. The maximum atomic E-state index is 12.9. The van der Waals surface area contributed by atoms with E-state index in [2.05, 4.69) is 11.4 Å². The molecule has 1 N–H and O–H groups in total. The molecule has 0 aliphatic heterocycles. The number of aryl methyl sites for hydroxylation is 1. The highest BCUT2D eigenvalue weighted by atomic mass is 16.6. The van der Waals surface area contributed by atoms with Crippen LogP contribution in [0, 0.1) is 17.0 Å². The smallest absolute Gasteiger partial charge is 0.269 e. The largest absolute Gasteiger partial charge is 0.455 e. The van der Waals surface area contributed by atoms with Gasteiger partial charge >= 0.3 is 0 Å². The first kappa shape index (κ1) is 21.7. The van der Waals surface area contributed by atoms with E-state index in [-0.39, 0.29) is 11.6 Å². The molecule has 1 saturated carbocycles. The number of nitrogens with zero attached hydrogens (tertiary/aromatic N) is 2. The molecule has 0 bridgehead atoms. The van der Waals surface area contributed by atoms with Crippen molar-refractivity contribution in [3.8, 4) is 11.3 Å². The van der Waals surface area contributed by atoms with Gasteiger partial charge in [0.05, 0.1) is 10.5 Å². The molecule has 172 valence electrons. The van der Waals surface area contributed by atoms with Crippen molar-refractivity contribution in [2.75, 3.05) is 19.0 Å². The summed E-state index contributed by atoms with van der Waals surface area (Å²) in [6.07, 6.45) is 2.18. The molecule has 0 spiro atoms. The molecule has 4 aromatic rings. The number of hydrogen-bond acceptors (Lipinski definition) is 5. The fraction of sp³-hybridized carbons (Fsp3) is 0.222. The van der Waals surface area contributed by atoms with E-state index in [4.69, 9.17) is 4.42 Å². The number of nitro benzene ring substituents is 1. The summed E-state index contributed by atoms with van der Waals surface area (Å²) in [5.74, 6) is 0.772. The minimum absolute atomic E-state index is 0.0546. The van der Waals surface area contributed by atoms with Crippen molar-refractivity contribution in [2.45, 2.75) is 25.7 Å². The Kier molecular flexibility index (Phi) is 5.32. The van der Waals surface area contributed by atoms with Gasteiger partial charge in [-0.25, -0.2) is 0 Å². The number of benzene rings is 3. The minimum Gasteiger partial charge on any atom is -0.455 e. The van der Waals surface area contributed by atoms with Crippen molar-refractivity contribution in [1.82, 2.24) is 5.32 Å². The molecule has 1 aromatic heterocycles. The molecule has 7 nitrogen and oxygen atoms in total. The Morgan fingerprint density at radius 1 is 1.09 bits per heavy atom.